The number of carbonyl (C=O) groups is 1. The predicted molar refractivity (Wildman–Crippen MR) is 99.1 cm³/mol. The number of hydrogen-bond donors (Lipinski definition) is 0. The van der Waals surface area contributed by atoms with Crippen LogP contribution >= 0.6 is 0 Å². The van der Waals surface area contributed by atoms with E-state index in [9.17, 15) is 4.79 Å². The van der Waals surface area contributed by atoms with Crippen LogP contribution in [-0.2, 0) is 11.4 Å². The van der Waals surface area contributed by atoms with Crippen molar-refractivity contribution in [3.63, 3.8) is 0 Å². The van der Waals surface area contributed by atoms with Gasteiger partial charge in [0.2, 0.25) is 0 Å². The van der Waals surface area contributed by atoms with Gasteiger partial charge in [-0.2, -0.15) is 0 Å². The maximum absolute atomic E-state index is 11.4. The average molecular weight is 352 g/mol. The molecule has 0 amide bonds. The smallest absolute Gasteiger partial charge is 0.308 e. The highest BCUT2D eigenvalue weighted by Crippen LogP contribution is 2.42. The van der Waals surface area contributed by atoms with Crippen molar-refractivity contribution < 1.29 is 23.7 Å². The van der Waals surface area contributed by atoms with Crippen molar-refractivity contribution in [1.29, 1.82) is 0 Å². The van der Waals surface area contributed by atoms with Crippen LogP contribution in [0.1, 0.15) is 12.5 Å². The largest absolute Gasteiger partial charge is 0.496 e. The van der Waals surface area contributed by atoms with Crippen LogP contribution in [0.4, 0.5) is 0 Å². The summed E-state index contributed by atoms with van der Waals surface area (Å²) in [6, 6.07) is 16.9. The van der Waals surface area contributed by atoms with Crippen LogP contribution < -0.4 is 18.9 Å². The van der Waals surface area contributed by atoms with Crippen molar-refractivity contribution in [2.24, 2.45) is 0 Å². The number of rotatable bonds is 6. The summed E-state index contributed by atoms with van der Waals surface area (Å²) in [4.78, 5) is 11.4. The summed E-state index contributed by atoms with van der Waals surface area (Å²) in [5.74, 6) is 1.85. The molecule has 0 N–H and O–H groups in total. The quantitative estimate of drug-likeness (QED) is 0.487. The fraction of sp³-hybridized carbons (Fsp3) is 0.190. The van der Waals surface area contributed by atoms with Gasteiger partial charge in [0.15, 0.2) is 0 Å². The Bertz CT molecular complexity index is 919. The molecule has 5 heteroatoms. The highest BCUT2D eigenvalue weighted by Gasteiger charge is 2.16. The molecule has 3 aromatic rings. The van der Waals surface area contributed by atoms with E-state index in [1.807, 2.05) is 36.4 Å². The Morgan fingerprint density at radius 1 is 0.885 bits per heavy atom. The number of fused-ring (bicyclic) bond motifs is 1. The first-order chi connectivity index (χ1) is 12.6. The standard InChI is InChI=1S/C21H20O5/c1-14(22)26-18-9-10-19(23-2)21-17(18)11-16(12-20(21)24-3)25-13-15-7-5-4-6-8-15/h4-12H,13H2,1-3H3. The van der Waals surface area contributed by atoms with Gasteiger partial charge in [-0.05, 0) is 23.8 Å². The zero-order chi connectivity index (χ0) is 18.5. The van der Waals surface area contributed by atoms with Crippen molar-refractivity contribution in [3.8, 4) is 23.0 Å². The van der Waals surface area contributed by atoms with Crippen molar-refractivity contribution in [2.75, 3.05) is 14.2 Å². The van der Waals surface area contributed by atoms with E-state index in [2.05, 4.69) is 0 Å². The zero-order valence-corrected chi connectivity index (χ0v) is 14.9. The number of ether oxygens (including phenoxy) is 4. The summed E-state index contributed by atoms with van der Waals surface area (Å²) in [6.07, 6.45) is 0. The van der Waals surface area contributed by atoms with E-state index < -0.39 is 5.97 Å². The fourth-order valence-corrected chi connectivity index (χ4v) is 2.76. The molecule has 26 heavy (non-hydrogen) atoms. The van der Waals surface area contributed by atoms with Gasteiger partial charge >= 0.3 is 5.97 Å². The molecule has 0 fully saturated rings. The molecule has 0 heterocycles. The molecular formula is C21H20O5. The second-order valence-corrected chi connectivity index (χ2v) is 5.68. The van der Waals surface area contributed by atoms with E-state index in [0.29, 0.717) is 35.0 Å². The van der Waals surface area contributed by atoms with Crippen LogP contribution in [0.25, 0.3) is 10.8 Å². The molecule has 0 atom stereocenters. The van der Waals surface area contributed by atoms with E-state index in [-0.39, 0.29) is 0 Å². The summed E-state index contributed by atoms with van der Waals surface area (Å²) >= 11 is 0. The second kappa shape index (κ2) is 7.78. The molecule has 0 saturated heterocycles. The summed E-state index contributed by atoms with van der Waals surface area (Å²) in [5, 5.41) is 1.41. The molecular weight excluding hydrogens is 332 g/mol. The Morgan fingerprint density at radius 3 is 2.23 bits per heavy atom. The third-order valence-corrected chi connectivity index (χ3v) is 3.92. The molecule has 3 rings (SSSR count). The summed E-state index contributed by atoms with van der Waals surface area (Å²) in [6.45, 7) is 1.78. The molecule has 0 bridgehead atoms. The highest BCUT2D eigenvalue weighted by atomic mass is 16.5. The monoisotopic (exact) mass is 352 g/mol. The third kappa shape index (κ3) is 3.72. The molecule has 0 aliphatic heterocycles. The SMILES string of the molecule is COc1ccc(OC(C)=O)c2cc(OCc3ccccc3)cc(OC)c12. The first kappa shape index (κ1) is 17.6. The van der Waals surface area contributed by atoms with Crippen LogP contribution in [0.2, 0.25) is 0 Å². The molecule has 0 spiro atoms. The Labute approximate surface area is 152 Å². The maximum Gasteiger partial charge on any atom is 0.308 e. The number of carbonyl (C=O) groups excluding carboxylic acids is 1. The fourth-order valence-electron chi connectivity index (χ4n) is 2.76. The van der Waals surface area contributed by atoms with E-state index in [4.69, 9.17) is 18.9 Å². The van der Waals surface area contributed by atoms with E-state index >= 15 is 0 Å². The predicted octanol–water partition coefficient (Wildman–Crippen LogP) is 4.36. The highest BCUT2D eigenvalue weighted by molar-refractivity contribution is 6.00. The van der Waals surface area contributed by atoms with Crippen molar-refractivity contribution in [3.05, 3.63) is 60.2 Å². The van der Waals surface area contributed by atoms with Crippen LogP contribution in [0.5, 0.6) is 23.0 Å². The summed E-state index contributed by atoms with van der Waals surface area (Å²) in [5.41, 5.74) is 1.05. The lowest BCUT2D eigenvalue weighted by atomic mass is 10.1. The number of esters is 1. The number of benzene rings is 3. The van der Waals surface area contributed by atoms with Gasteiger partial charge < -0.3 is 18.9 Å². The van der Waals surface area contributed by atoms with Gasteiger partial charge in [-0.15, -0.1) is 0 Å². The lowest BCUT2D eigenvalue weighted by Crippen LogP contribution is -2.03. The molecule has 0 radical (unpaired) electrons. The topological polar surface area (TPSA) is 54.0 Å². The lowest BCUT2D eigenvalue weighted by Gasteiger charge is -2.15. The van der Waals surface area contributed by atoms with Crippen LogP contribution in [0.15, 0.2) is 54.6 Å². The molecule has 134 valence electrons. The normalized spacial score (nSPS) is 10.4. The summed E-state index contributed by atoms with van der Waals surface area (Å²) < 4.78 is 22.2. The minimum atomic E-state index is -0.397. The molecule has 0 saturated carbocycles. The van der Waals surface area contributed by atoms with Crippen molar-refractivity contribution in [1.82, 2.24) is 0 Å². The number of hydrogen-bond acceptors (Lipinski definition) is 5. The van der Waals surface area contributed by atoms with Crippen LogP contribution in [0.3, 0.4) is 0 Å². The van der Waals surface area contributed by atoms with Gasteiger partial charge in [-0.25, -0.2) is 0 Å². The molecule has 0 unspecified atom stereocenters. The van der Waals surface area contributed by atoms with Crippen molar-refractivity contribution >= 4 is 16.7 Å². The van der Waals surface area contributed by atoms with Crippen LogP contribution in [0, 0.1) is 0 Å². The minimum absolute atomic E-state index is 0.397. The molecule has 0 aromatic heterocycles. The Kier molecular flexibility index (Phi) is 5.27. The third-order valence-electron chi connectivity index (χ3n) is 3.92. The molecule has 0 aliphatic carbocycles. The van der Waals surface area contributed by atoms with Gasteiger partial charge in [0, 0.05) is 18.4 Å². The Balaban J connectivity index is 2.06. The first-order valence-electron chi connectivity index (χ1n) is 8.16. The van der Waals surface area contributed by atoms with E-state index in [0.717, 1.165) is 10.9 Å². The van der Waals surface area contributed by atoms with E-state index in [1.54, 1.807) is 32.4 Å². The van der Waals surface area contributed by atoms with Gasteiger partial charge in [-0.1, -0.05) is 30.3 Å². The van der Waals surface area contributed by atoms with Crippen LogP contribution in [-0.4, -0.2) is 20.2 Å². The van der Waals surface area contributed by atoms with Crippen molar-refractivity contribution in [2.45, 2.75) is 13.5 Å². The number of methoxy groups -OCH3 is 2. The first-order valence-corrected chi connectivity index (χ1v) is 8.16. The zero-order valence-electron chi connectivity index (χ0n) is 14.9. The summed E-state index contributed by atoms with van der Waals surface area (Å²) in [7, 11) is 3.16. The molecule has 3 aromatic carbocycles. The maximum atomic E-state index is 11.4. The van der Waals surface area contributed by atoms with Gasteiger partial charge in [-0.3, -0.25) is 4.79 Å². The second-order valence-electron chi connectivity index (χ2n) is 5.68. The van der Waals surface area contributed by atoms with Gasteiger partial charge in [0.1, 0.15) is 29.6 Å². The lowest BCUT2D eigenvalue weighted by molar-refractivity contribution is -0.131. The molecule has 5 nitrogen and oxygen atoms in total. The van der Waals surface area contributed by atoms with E-state index in [1.165, 1.54) is 6.92 Å². The van der Waals surface area contributed by atoms with Gasteiger partial charge in [0.05, 0.1) is 19.6 Å². The van der Waals surface area contributed by atoms with Gasteiger partial charge in [0.25, 0.3) is 0 Å². The Hall–Kier alpha value is -3.21. The average Bonchev–Trinajstić information content (AvgIpc) is 2.66. The molecule has 0 aliphatic rings. The minimum Gasteiger partial charge on any atom is -0.496 e. The Morgan fingerprint density at radius 2 is 1.58 bits per heavy atom.